The number of carbonyl (C=O) groups is 3. The molecule has 0 saturated heterocycles. The van der Waals surface area contributed by atoms with E-state index in [1.54, 1.807) is 11.8 Å². The maximum absolute atomic E-state index is 13.0. The Morgan fingerprint density at radius 2 is 1.88 bits per heavy atom. The molecule has 0 bridgehead atoms. The van der Waals surface area contributed by atoms with Gasteiger partial charge in [-0.25, -0.2) is 0 Å². The molecule has 2 unspecified atom stereocenters. The van der Waals surface area contributed by atoms with Gasteiger partial charge in [0.2, 0.25) is 17.7 Å². The summed E-state index contributed by atoms with van der Waals surface area (Å²) in [5.74, 6) is -0.870. The molecule has 1 aliphatic rings. The lowest BCUT2D eigenvalue weighted by atomic mass is 10.0. The highest BCUT2D eigenvalue weighted by Crippen LogP contribution is 2.17. The van der Waals surface area contributed by atoms with Gasteiger partial charge < -0.3 is 21.3 Å². The highest BCUT2D eigenvalue weighted by molar-refractivity contribution is 5.89. The van der Waals surface area contributed by atoms with Crippen LogP contribution in [0.2, 0.25) is 0 Å². The highest BCUT2D eigenvalue weighted by atomic mass is 16.2. The Hall–Kier alpha value is -3.19. The Balaban J connectivity index is 1.68. The van der Waals surface area contributed by atoms with E-state index in [0.717, 1.165) is 22.8 Å². The van der Waals surface area contributed by atoms with E-state index in [1.807, 2.05) is 54.6 Å². The molecule has 2 aromatic rings. The van der Waals surface area contributed by atoms with Gasteiger partial charge >= 0.3 is 0 Å². The van der Waals surface area contributed by atoms with E-state index in [2.05, 4.69) is 10.6 Å². The van der Waals surface area contributed by atoms with Gasteiger partial charge in [-0.1, -0.05) is 61.5 Å². The predicted molar refractivity (Wildman–Crippen MR) is 130 cm³/mol. The van der Waals surface area contributed by atoms with E-state index < -0.39 is 12.0 Å². The predicted octanol–water partition coefficient (Wildman–Crippen LogP) is 2.15. The second-order valence-corrected chi connectivity index (χ2v) is 8.59. The lowest BCUT2D eigenvalue weighted by molar-refractivity contribution is -0.134. The zero-order valence-electron chi connectivity index (χ0n) is 19.3. The molecule has 0 fully saturated rings. The summed E-state index contributed by atoms with van der Waals surface area (Å²) in [4.78, 5) is 39.9. The second-order valence-electron chi connectivity index (χ2n) is 8.59. The van der Waals surface area contributed by atoms with Crippen LogP contribution in [0, 0.1) is 5.92 Å². The van der Waals surface area contributed by atoms with Crippen LogP contribution in [0.4, 0.5) is 0 Å². The van der Waals surface area contributed by atoms with Gasteiger partial charge in [0.1, 0.15) is 6.04 Å². The normalized spacial score (nSPS) is 15.7. The summed E-state index contributed by atoms with van der Waals surface area (Å²) in [6, 6.07) is 13.4. The summed E-state index contributed by atoms with van der Waals surface area (Å²) in [6.07, 6.45) is 6.07. The van der Waals surface area contributed by atoms with Crippen molar-refractivity contribution in [2.75, 3.05) is 26.2 Å². The van der Waals surface area contributed by atoms with Gasteiger partial charge in [0.25, 0.3) is 0 Å². The van der Waals surface area contributed by atoms with Crippen LogP contribution >= 0.6 is 0 Å². The lowest BCUT2D eigenvalue weighted by Gasteiger charge is -2.26. The first-order chi connectivity index (χ1) is 16.0. The van der Waals surface area contributed by atoms with Crippen molar-refractivity contribution in [3.8, 4) is 0 Å². The van der Waals surface area contributed by atoms with Crippen LogP contribution in [0.25, 0.3) is 10.8 Å². The standard InChI is InChI=1S/C26H34N4O3/c1-19(18-30-15-6-2-3-10-24(30)31)25(32)29-23(26(33)28-14-7-13-27)17-20-11-12-21-8-4-5-9-22(21)16-20/h2-5,8-9,11-12,16,19,23H,6-7,10,13-15,17-18,27H2,1H3,(H,28,33)(H,29,32). The van der Waals surface area contributed by atoms with E-state index in [4.69, 9.17) is 5.73 Å². The maximum Gasteiger partial charge on any atom is 0.242 e. The van der Waals surface area contributed by atoms with Crippen molar-refractivity contribution in [1.29, 1.82) is 0 Å². The van der Waals surface area contributed by atoms with Gasteiger partial charge in [0.15, 0.2) is 0 Å². The molecular weight excluding hydrogens is 416 g/mol. The molecule has 33 heavy (non-hydrogen) atoms. The van der Waals surface area contributed by atoms with Gasteiger partial charge in [0.05, 0.1) is 5.92 Å². The van der Waals surface area contributed by atoms with Crippen LogP contribution in [-0.4, -0.2) is 54.8 Å². The lowest BCUT2D eigenvalue weighted by Crippen LogP contribution is -2.51. The Labute approximate surface area is 195 Å². The molecule has 0 aliphatic carbocycles. The number of amides is 3. The Kier molecular flexibility index (Phi) is 9.01. The Morgan fingerprint density at radius 3 is 2.67 bits per heavy atom. The van der Waals surface area contributed by atoms with Crippen molar-refractivity contribution in [1.82, 2.24) is 15.5 Å². The van der Waals surface area contributed by atoms with Gasteiger partial charge in [-0.3, -0.25) is 14.4 Å². The zero-order valence-corrected chi connectivity index (χ0v) is 19.3. The minimum Gasteiger partial charge on any atom is -0.354 e. The minimum atomic E-state index is -0.708. The number of nitrogens with zero attached hydrogens (tertiary/aromatic N) is 1. The van der Waals surface area contributed by atoms with Crippen molar-refractivity contribution >= 4 is 28.5 Å². The van der Waals surface area contributed by atoms with Crippen molar-refractivity contribution in [3.05, 3.63) is 60.2 Å². The fourth-order valence-electron chi connectivity index (χ4n) is 3.95. The third-order valence-corrected chi connectivity index (χ3v) is 5.89. The molecular formula is C26H34N4O3. The molecule has 0 aromatic heterocycles. The maximum atomic E-state index is 13.0. The van der Waals surface area contributed by atoms with Gasteiger partial charge in [0, 0.05) is 32.5 Å². The quantitative estimate of drug-likeness (QED) is 0.381. The first-order valence-corrected chi connectivity index (χ1v) is 11.7. The number of nitrogens with two attached hydrogens (primary N) is 1. The molecule has 4 N–H and O–H groups in total. The molecule has 2 atom stereocenters. The fraction of sp³-hybridized carbons (Fsp3) is 0.423. The third kappa shape index (κ3) is 7.15. The molecule has 7 nitrogen and oxygen atoms in total. The van der Waals surface area contributed by atoms with E-state index in [-0.39, 0.29) is 17.7 Å². The average molecular weight is 451 g/mol. The second kappa shape index (κ2) is 12.2. The molecule has 3 rings (SSSR count). The smallest absolute Gasteiger partial charge is 0.242 e. The highest BCUT2D eigenvalue weighted by Gasteiger charge is 2.26. The van der Waals surface area contributed by atoms with Gasteiger partial charge in [-0.2, -0.15) is 0 Å². The summed E-state index contributed by atoms with van der Waals surface area (Å²) in [5.41, 5.74) is 6.51. The average Bonchev–Trinajstić information content (AvgIpc) is 3.02. The number of benzene rings is 2. The van der Waals surface area contributed by atoms with Crippen molar-refractivity contribution in [3.63, 3.8) is 0 Å². The molecule has 176 valence electrons. The van der Waals surface area contributed by atoms with Crippen molar-refractivity contribution in [2.24, 2.45) is 11.7 Å². The van der Waals surface area contributed by atoms with E-state index in [0.29, 0.717) is 45.4 Å². The number of nitrogens with one attached hydrogen (secondary N) is 2. The largest absolute Gasteiger partial charge is 0.354 e. The number of rotatable bonds is 10. The first-order valence-electron chi connectivity index (χ1n) is 11.7. The number of fused-ring (bicyclic) bond motifs is 1. The topological polar surface area (TPSA) is 105 Å². The van der Waals surface area contributed by atoms with Crippen LogP contribution in [-0.2, 0) is 20.8 Å². The summed E-state index contributed by atoms with van der Waals surface area (Å²) in [7, 11) is 0. The number of hydrogen-bond donors (Lipinski definition) is 3. The Morgan fingerprint density at radius 1 is 1.09 bits per heavy atom. The first kappa shape index (κ1) is 24.5. The van der Waals surface area contributed by atoms with Crippen molar-refractivity contribution < 1.29 is 14.4 Å². The number of carbonyl (C=O) groups excluding carboxylic acids is 3. The van der Waals surface area contributed by atoms with Crippen LogP contribution in [0.1, 0.15) is 31.7 Å². The molecule has 0 radical (unpaired) electrons. The van der Waals surface area contributed by atoms with E-state index >= 15 is 0 Å². The summed E-state index contributed by atoms with van der Waals surface area (Å²) >= 11 is 0. The SMILES string of the molecule is CC(CN1CCC=CCC1=O)C(=O)NC(Cc1ccc2ccccc2c1)C(=O)NCCCN. The molecule has 1 aliphatic heterocycles. The van der Waals surface area contributed by atoms with E-state index in [1.165, 1.54) is 0 Å². The molecule has 1 heterocycles. The van der Waals surface area contributed by atoms with E-state index in [9.17, 15) is 14.4 Å². The minimum absolute atomic E-state index is 0.0237. The molecule has 0 saturated carbocycles. The summed E-state index contributed by atoms with van der Waals surface area (Å²) < 4.78 is 0. The van der Waals surface area contributed by atoms with Crippen molar-refractivity contribution in [2.45, 2.75) is 38.6 Å². The van der Waals surface area contributed by atoms with Gasteiger partial charge in [-0.15, -0.1) is 0 Å². The number of hydrogen-bond acceptors (Lipinski definition) is 4. The summed E-state index contributed by atoms with van der Waals surface area (Å²) in [6.45, 7) is 3.68. The van der Waals surface area contributed by atoms with Crippen LogP contribution in [0.5, 0.6) is 0 Å². The van der Waals surface area contributed by atoms with Crippen LogP contribution < -0.4 is 16.4 Å². The monoisotopic (exact) mass is 450 g/mol. The third-order valence-electron chi connectivity index (χ3n) is 5.89. The fourth-order valence-corrected chi connectivity index (χ4v) is 3.95. The zero-order chi connectivity index (χ0) is 23.6. The molecule has 2 aromatic carbocycles. The summed E-state index contributed by atoms with van der Waals surface area (Å²) in [5, 5.41) is 8.01. The molecule has 7 heteroatoms. The Bertz CT molecular complexity index is 1000. The van der Waals surface area contributed by atoms with Gasteiger partial charge in [-0.05, 0) is 35.7 Å². The molecule has 0 spiro atoms. The molecule has 3 amide bonds. The van der Waals surface area contributed by atoms with Crippen LogP contribution in [0.15, 0.2) is 54.6 Å². The van der Waals surface area contributed by atoms with Crippen LogP contribution in [0.3, 0.4) is 0 Å².